The molecule has 0 aromatic heterocycles. The highest BCUT2D eigenvalue weighted by molar-refractivity contribution is 5.95. The summed E-state index contributed by atoms with van der Waals surface area (Å²) in [4.78, 5) is 25.8. The number of hydrogen-bond donors (Lipinski definition) is 1. The molecule has 0 radical (unpaired) electrons. The van der Waals surface area contributed by atoms with Crippen molar-refractivity contribution in [2.45, 2.75) is 57.6 Å². The van der Waals surface area contributed by atoms with Gasteiger partial charge in [0.1, 0.15) is 11.1 Å². The Labute approximate surface area is 108 Å². The van der Waals surface area contributed by atoms with Crippen LogP contribution in [0, 0.1) is 0 Å². The van der Waals surface area contributed by atoms with Crippen molar-refractivity contribution in [1.82, 2.24) is 10.2 Å². The van der Waals surface area contributed by atoms with Crippen LogP contribution < -0.4 is 5.32 Å². The maximum absolute atomic E-state index is 12.2. The fourth-order valence-corrected chi connectivity index (χ4v) is 2.58. The zero-order valence-electron chi connectivity index (χ0n) is 11.4. The lowest BCUT2D eigenvalue weighted by atomic mass is 9.85. The molecule has 1 unspecified atom stereocenters. The normalized spacial score (nSPS) is 28.4. The minimum atomic E-state index is -0.640. The van der Waals surface area contributed by atoms with Crippen LogP contribution in [0.4, 0.5) is 4.79 Å². The summed E-state index contributed by atoms with van der Waals surface area (Å²) in [6.45, 7) is 6.70. The topological polar surface area (TPSA) is 58.6 Å². The van der Waals surface area contributed by atoms with Crippen molar-refractivity contribution in [3.05, 3.63) is 0 Å². The lowest BCUT2D eigenvalue weighted by Gasteiger charge is -2.47. The number of β-lactam (4-membered cyclic amide) rings is 1. The number of ether oxygens (including phenoxy) is 1. The van der Waals surface area contributed by atoms with Crippen molar-refractivity contribution < 1.29 is 14.3 Å². The summed E-state index contributed by atoms with van der Waals surface area (Å²) in [6.07, 6.45) is 3.38. The van der Waals surface area contributed by atoms with E-state index >= 15 is 0 Å². The summed E-state index contributed by atoms with van der Waals surface area (Å²) in [5.41, 5.74) is -1.16. The third-order valence-electron chi connectivity index (χ3n) is 3.57. The second-order valence-corrected chi connectivity index (χ2v) is 6.16. The SMILES string of the molecule is CC(C)(C)OC(=O)N1CCCCCC12CNC2=O. The lowest BCUT2D eigenvalue weighted by Crippen LogP contribution is -2.73. The summed E-state index contributed by atoms with van der Waals surface area (Å²) in [5.74, 6) is -0.0322. The highest BCUT2D eigenvalue weighted by Gasteiger charge is 2.53. The van der Waals surface area contributed by atoms with Gasteiger partial charge < -0.3 is 10.1 Å². The number of nitrogens with one attached hydrogen (secondary N) is 1. The first-order chi connectivity index (χ1) is 8.35. The van der Waals surface area contributed by atoms with Crippen LogP contribution in [0.15, 0.2) is 0 Å². The van der Waals surface area contributed by atoms with Gasteiger partial charge in [0, 0.05) is 6.54 Å². The molecular formula is C13H22N2O3. The van der Waals surface area contributed by atoms with Crippen LogP contribution in [0.2, 0.25) is 0 Å². The Morgan fingerprint density at radius 1 is 1.33 bits per heavy atom. The number of likely N-dealkylation sites (tertiary alicyclic amines) is 1. The first-order valence-corrected chi connectivity index (χ1v) is 6.64. The largest absolute Gasteiger partial charge is 0.444 e. The smallest absolute Gasteiger partial charge is 0.411 e. The van der Waals surface area contributed by atoms with Crippen LogP contribution >= 0.6 is 0 Å². The standard InChI is InChI=1S/C13H22N2O3/c1-12(2,3)18-11(17)15-8-6-4-5-7-13(15)9-14-10(13)16/h4-9H2,1-3H3,(H,14,16). The predicted octanol–water partition coefficient (Wildman–Crippen LogP) is 1.67. The molecule has 0 aromatic rings. The van der Waals surface area contributed by atoms with Crippen LogP contribution in [0.5, 0.6) is 0 Å². The van der Waals surface area contributed by atoms with E-state index in [0.29, 0.717) is 13.1 Å². The van der Waals surface area contributed by atoms with Crippen LogP contribution in [-0.2, 0) is 9.53 Å². The number of nitrogens with zero attached hydrogens (tertiary/aromatic N) is 1. The molecule has 2 saturated heterocycles. The number of carbonyl (C=O) groups excluding carboxylic acids is 2. The molecule has 102 valence electrons. The van der Waals surface area contributed by atoms with Gasteiger partial charge in [-0.1, -0.05) is 12.8 Å². The molecule has 1 N–H and O–H groups in total. The van der Waals surface area contributed by atoms with E-state index in [2.05, 4.69) is 5.32 Å². The zero-order valence-corrected chi connectivity index (χ0v) is 11.4. The van der Waals surface area contributed by atoms with Crippen molar-refractivity contribution >= 4 is 12.0 Å². The molecule has 2 fully saturated rings. The Bertz CT molecular complexity index is 362. The van der Waals surface area contributed by atoms with Gasteiger partial charge in [-0.2, -0.15) is 0 Å². The van der Waals surface area contributed by atoms with Crippen LogP contribution in [-0.4, -0.2) is 41.1 Å². The molecule has 0 aliphatic carbocycles. The van der Waals surface area contributed by atoms with Crippen LogP contribution in [0.25, 0.3) is 0 Å². The molecule has 2 aliphatic rings. The van der Waals surface area contributed by atoms with Crippen LogP contribution in [0.1, 0.15) is 46.5 Å². The van der Waals surface area contributed by atoms with Gasteiger partial charge in [0.15, 0.2) is 0 Å². The third-order valence-corrected chi connectivity index (χ3v) is 3.57. The minimum Gasteiger partial charge on any atom is -0.444 e. The van der Waals surface area contributed by atoms with E-state index in [-0.39, 0.29) is 12.0 Å². The Kier molecular flexibility index (Phi) is 3.25. The molecule has 5 nitrogen and oxygen atoms in total. The maximum Gasteiger partial charge on any atom is 0.411 e. The summed E-state index contributed by atoms with van der Waals surface area (Å²) in [7, 11) is 0. The number of carbonyl (C=O) groups is 2. The first kappa shape index (κ1) is 13.2. The van der Waals surface area contributed by atoms with Gasteiger partial charge in [-0.05, 0) is 33.6 Å². The molecule has 2 rings (SSSR count). The van der Waals surface area contributed by atoms with Gasteiger partial charge in [-0.25, -0.2) is 4.79 Å². The monoisotopic (exact) mass is 254 g/mol. The Morgan fingerprint density at radius 2 is 2.06 bits per heavy atom. The fourth-order valence-electron chi connectivity index (χ4n) is 2.58. The van der Waals surface area contributed by atoms with E-state index in [9.17, 15) is 9.59 Å². The average Bonchev–Trinajstić information content (AvgIpc) is 2.48. The lowest BCUT2D eigenvalue weighted by molar-refractivity contribution is -0.143. The highest BCUT2D eigenvalue weighted by Crippen LogP contribution is 2.33. The van der Waals surface area contributed by atoms with Gasteiger partial charge in [0.25, 0.3) is 0 Å². The number of rotatable bonds is 0. The van der Waals surface area contributed by atoms with Gasteiger partial charge in [0.2, 0.25) is 5.91 Å². The van der Waals surface area contributed by atoms with E-state index in [1.54, 1.807) is 4.90 Å². The predicted molar refractivity (Wildman–Crippen MR) is 67.1 cm³/mol. The van der Waals surface area contributed by atoms with Crippen molar-refractivity contribution in [2.24, 2.45) is 0 Å². The molecule has 2 amide bonds. The van der Waals surface area contributed by atoms with Gasteiger partial charge in [0.05, 0.1) is 6.54 Å². The maximum atomic E-state index is 12.2. The summed E-state index contributed by atoms with van der Waals surface area (Å²) >= 11 is 0. The summed E-state index contributed by atoms with van der Waals surface area (Å²) in [5, 5.41) is 2.76. The number of hydrogen-bond acceptors (Lipinski definition) is 3. The molecule has 0 aromatic carbocycles. The zero-order chi connectivity index (χ0) is 13.4. The molecule has 2 aliphatic heterocycles. The summed E-state index contributed by atoms with van der Waals surface area (Å²) < 4.78 is 5.42. The Hall–Kier alpha value is -1.26. The molecule has 0 saturated carbocycles. The molecule has 18 heavy (non-hydrogen) atoms. The van der Waals surface area contributed by atoms with E-state index < -0.39 is 11.1 Å². The van der Waals surface area contributed by atoms with Crippen molar-refractivity contribution in [3.8, 4) is 0 Å². The summed E-state index contributed by atoms with van der Waals surface area (Å²) in [6, 6.07) is 0. The van der Waals surface area contributed by atoms with Crippen molar-refractivity contribution in [1.29, 1.82) is 0 Å². The first-order valence-electron chi connectivity index (χ1n) is 6.64. The van der Waals surface area contributed by atoms with Crippen molar-refractivity contribution in [3.63, 3.8) is 0 Å². The van der Waals surface area contributed by atoms with E-state index in [1.807, 2.05) is 20.8 Å². The van der Waals surface area contributed by atoms with E-state index in [4.69, 9.17) is 4.74 Å². The van der Waals surface area contributed by atoms with E-state index in [0.717, 1.165) is 25.7 Å². The second-order valence-electron chi connectivity index (χ2n) is 6.16. The molecule has 1 atom stereocenters. The van der Waals surface area contributed by atoms with E-state index in [1.165, 1.54) is 0 Å². The molecule has 0 bridgehead atoms. The van der Waals surface area contributed by atoms with Crippen molar-refractivity contribution in [2.75, 3.05) is 13.1 Å². The van der Waals surface area contributed by atoms with Gasteiger partial charge >= 0.3 is 6.09 Å². The average molecular weight is 254 g/mol. The fraction of sp³-hybridized carbons (Fsp3) is 0.846. The van der Waals surface area contributed by atoms with Crippen LogP contribution in [0.3, 0.4) is 0 Å². The van der Waals surface area contributed by atoms with Gasteiger partial charge in [-0.15, -0.1) is 0 Å². The molecular weight excluding hydrogens is 232 g/mol. The number of amides is 2. The Morgan fingerprint density at radius 3 is 2.56 bits per heavy atom. The second kappa shape index (κ2) is 4.44. The van der Waals surface area contributed by atoms with Gasteiger partial charge in [-0.3, -0.25) is 9.69 Å². The minimum absolute atomic E-state index is 0.0322. The molecule has 5 heteroatoms. The molecule has 2 heterocycles. The molecule has 1 spiro atoms. The third kappa shape index (κ3) is 2.31. The highest BCUT2D eigenvalue weighted by atomic mass is 16.6. The Balaban J connectivity index is 2.16. The quantitative estimate of drug-likeness (QED) is 0.669.